The van der Waals surface area contributed by atoms with E-state index in [0.717, 1.165) is 18.4 Å². The highest BCUT2D eigenvalue weighted by Gasteiger charge is 2.07. The van der Waals surface area contributed by atoms with Crippen LogP contribution < -0.4 is 0 Å². The smallest absolute Gasteiger partial charge is 0.116 e. The van der Waals surface area contributed by atoms with Gasteiger partial charge in [-0.25, -0.2) is 0 Å². The predicted molar refractivity (Wildman–Crippen MR) is 77.0 cm³/mol. The van der Waals surface area contributed by atoms with Crippen LogP contribution >= 0.6 is 0 Å². The quantitative estimate of drug-likeness (QED) is 0.829. The SMILES string of the molecule is CCCc1ccc(O)cc1-c1cc(C)cc(C)c1. The molecular formula is C17H20O. The van der Waals surface area contributed by atoms with E-state index in [4.69, 9.17) is 0 Å². The van der Waals surface area contributed by atoms with Gasteiger partial charge in [-0.3, -0.25) is 0 Å². The Balaban J connectivity index is 2.57. The average Bonchev–Trinajstić information content (AvgIpc) is 2.30. The summed E-state index contributed by atoms with van der Waals surface area (Å²) in [5.41, 5.74) is 6.18. The summed E-state index contributed by atoms with van der Waals surface area (Å²) in [7, 11) is 0. The fraction of sp³-hybridized carbons (Fsp3) is 0.294. The summed E-state index contributed by atoms with van der Waals surface area (Å²) in [6, 6.07) is 12.2. The third-order valence-corrected chi connectivity index (χ3v) is 3.15. The van der Waals surface area contributed by atoms with Crippen LogP contribution in [0.2, 0.25) is 0 Å². The molecule has 1 N–H and O–H groups in total. The minimum atomic E-state index is 0.337. The standard InChI is InChI=1S/C17H20O/c1-4-5-14-6-7-16(18)11-17(14)15-9-12(2)8-13(3)10-15/h6-11,18H,4-5H2,1-3H3. The summed E-state index contributed by atoms with van der Waals surface area (Å²) in [6.45, 7) is 6.40. The van der Waals surface area contributed by atoms with Gasteiger partial charge in [-0.05, 0) is 49.1 Å². The molecule has 0 aliphatic carbocycles. The Hall–Kier alpha value is -1.76. The van der Waals surface area contributed by atoms with Gasteiger partial charge in [0, 0.05) is 0 Å². The highest BCUT2D eigenvalue weighted by atomic mass is 16.3. The van der Waals surface area contributed by atoms with Crippen molar-refractivity contribution < 1.29 is 5.11 Å². The van der Waals surface area contributed by atoms with Crippen LogP contribution in [-0.4, -0.2) is 5.11 Å². The monoisotopic (exact) mass is 240 g/mol. The molecule has 0 aromatic heterocycles. The van der Waals surface area contributed by atoms with Gasteiger partial charge in [0.1, 0.15) is 5.75 Å². The van der Waals surface area contributed by atoms with E-state index in [9.17, 15) is 5.11 Å². The number of phenolic OH excluding ortho intramolecular Hbond substituents is 1. The largest absolute Gasteiger partial charge is 0.508 e. The van der Waals surface area contributed by atoms with E-state index in [0.29, 0.717) is 5.75 Å². The van der Waals surface area contributed by atoms with Crippen LogP contribution in [0.15, 0.2) is 36.4 Å². The fourth-order valence-corrected chi connectivity index (χ4v) is 2.45. The summed E-state index contributed by atoms with van der Waals surface area (Å²) < 4.78 is 0. The van der Waals surface area contributed by atoms with Crippen molar-refractivity contribution in [1.82, 2.24) is 0 Å². The van der Waals surface area contributed by atoms with Gasteiger partial charge in [0.25, 0.3) is 0 Å². The Bertz CT molecular complexity index is 535. The van der Waals surface area contributed by atoms with Gasteiger partial charge in [-0.1, -0.05) is 48.7 Å². The van der Waals surface area contributed by atoms with E-state index < -0.39 is 0 Å². The number of benzene rings is 2. The first-order valence-electron chi connectivity index (χ1n) is 6.50. The predicted octanol–water partition coefficient (Wildman–Crippen LogP) is 4.63. The lowest BCUT2D eigenvalue weighted by atomic mass is 9.94. The van der Waals surface area contributed by atoms with Gasteiger partial charge < -0.3 is 5.11 Å². The van der Waals surface area contributed by atoms with E-state index in [1.807, 2.05) is 12.1 Å². The maximum atomic E-state index is 9.71. The Morgan fingerprint density at radius 1 is 0.944 bits per heavy atom. The van der Waals surface area contributed by atoms with Gasteiger partial charge in [-0.15, -0.1) is 0 Å². The Kier molecular flexibility index (Phi) is 3.71. The van der Waals surface area contributed by atoms with E-state index in [-0.39, 0.29) is 0 Å². The number of phenols is 1. The molecular weight excluding hydrogens is 220 g/mol. The fourth-order valence-electron chi connectivity index (χ4n) is 2.45. The lowest BCUT2D eigenvalue weighted by Gasteiger charge is -2.11. The number of aryl methyl sites for hydroxylation is 3. The van der Waals surface area contributed by atoms with Crippen molar-refractivity contribution in [3.05, 3.63) is 53.1 Å². The molecule has 0 radical (unpaired) electrons. The second-order valence-electron chi connectivity index (χ2n) is 4.97. The van der Waals surface area contributed by atoms with Crippen LogP contribution in [0.5, 0.6) is 5.75 Å². The molecule has 2 rings (SSSR count). The minimum Gasteiger partial charge on any atom is -0.508 e. The van der Waals surface area contributed by atoms with E-state index in [1.54, 1.807) is 6.07 Å². The van der Waals surface area contributed by atoms with Crippen molar-refractivity contribution in [1.29, 1.82) is 0 Å². The second-order valence-corrected chi connectivity index (χ2v) is 4.97. The first kappa shape index (κ1) is 12.7. The van der Waals surface area contributed by atoms with Gasteiger partial charge in [0.05, 0.1) is 0 Å². The maximum Gasteiger partial charge on any atom is 0.116 e. The van der Waals surface area contributed by atoms with Crippen LogP contribution in [0.3, 0.4) is 0 Å². The van der Waals surface area contributed by atoms with Crippen LogP contribution in [0.1, 0.15) is 30.0 Å². The summed E-state index contributed by atoms with van der Waals surface area (Å²) in [6.07, 6.45) is 2.16. The number of rotatable bonds is 3. The van der Waals surface area contributed by atoms with Gasteiger partial charge in [0.2, 0.25) is 0 Å². The number of hydrogen-bond acceptors (Lipinski definition) is 1. The van der Waals surface area contributed by atoms with Crippen molar-refractivity contribution in [2.75, 3.05) is 0 Å². The van der Waals surface area contributed by atoms with Crippen molar-refractivity contribution in [2.24, 2.45) is 0 Å². The molecule has 0 bridgehead atoms. The zero-order valence-corrected chi connectivity index (χ0v) is 11.3. The normalized spacial score (nSPS) is 10.6. The first-order valence-corrected chi connectivity index (χ1v) is 6.50. The van der Waals surface area contributed by atoms with Crippen molar-refractivity contribution in [2.45, 2.75) is 33.6 Å². The van der Waals surface area contributed by atoms with E-state index in [1.165, 1.54) is 22.3 Å². The molecule has 1 nitrogen and oxygen atoms in total. The van der Waals surface area contributed by atoms with Crippen molar-refractivity contribution in [3.63, 3.8) is 0 Å². The highest BCUT2D eigenvalue weighted by molar-refractivity contribution is 5.70. The van der Waals surface area contributed by atoms with E-state index >= 15 is 0 Å². The Labute approximate surface area is 109 Å². The second kappa shape index (κ2) is 5.26. The minimum absolute atomic E-state index is 0.337. The lowest BCUT2D eigenvalue weighted by molar-refractivity contribution is 0.475. The van der Waals surface area contributed by atoms with Crippen LogP contribution in [-0.2, 0) is 6.42 Å². The number of aromatic hydroxyl groups is 1. The van der Waals surface area contributed by atoms with Crippen LogP contribution in [0.25, 0.3) is 11.1 Å². The van der Waals surface area contributed by atoms with E-state index in [2.05, 4.69) is 39.0 Å². The molecule has 0 atom stereocenters. The van der Waals surface area contributed by atoms with Gasteiger partial charge >= 0.3 is 0 Å². The zero-order valence-electron chi connectivity index (χ0n) is 11.3. The third kappa shape index (κ3) is 2.73. The zero-order chi connectivity index (χ0) is 13.1. The Morgan fingerprint density at radius 2 is 1.61 bits per heavy atom. The molecule has 0 aliphatic heterocycles. The molecule has 2 aromatic carbocycles. The summed E-state index contributed by atoms with van der Waals surface area (Å²) in [5, 5.41) is 9.71. The summed E-state index contributed by atoms with van der Waals surface area (Å²) in [5.74, 6) is 0.337. The van der Waals surface area contributed by atoms with Crippen LogP contribution in [0, 0.1) is 13.8 Å². The van der Waals surface area contributed by atoms with Gasteiger partial charge in [-0.2, -0.15) is 0 Å². The third-order valence-electron chi connectivity index (χ3n) is 3.15. The molecule has 0 saturated heterocycles. The molecule has 0 fully saturated rings. The van der Waals surface area contributed by atoms with Crippen molar-refractivity contribution >= 4 is 0 Å². The lowest BCUT2D eigenvalue weighted by Crippen LogP contribution is -1.91. The highest BCUT2D eigenvalue weighted by Crippen LogP contribution is 2.29. The Morgan fingerprint density at radius 3 is 2.22 bits per heavy atom. The first-order chi connectivity index (χ1) is 8.60. The topological polar surface area (TPSA) is 20.2 Å². The average molecular weight is 240 g/mol. The molecule has 0 aliphatic rings. The van der Waals surface area contributed by atoms with Crippen molar-refractivity contribution in [3.8, 4) is 16.9 Å². The molecule has 1 heteroatoms. The van der Waals surface area contributed by atoms with Gasteiger partial charge in [0.15, 0.2) is 0 Å². The molecule has 0 spiro atoms. The maximum absolute atomic E-state index is 9.71. The molecule has 2 aromatic rings. The molecule has 0 unspecified atom stereocenters. The van der Waals surface area contributed by atoms with Crippen LogP contribution in [0.4, 0.5) is 0 Å². The molecule has 0 amide bonds. The molecule has 94 valence electrons. The molecule has 0 saturated carbocycles. The summed E-state index contributed by atoms with van der Waals surface area (Å²) in [4.78, 5) is 0. The molecule has 0 heterocycles. The number of hydrogen-bond donors (Lipinski definition) is 1. The summed E-state index contributed by atoms with van der Waals surface area (Å²) >= 11 is 0. The molecule has 18 heavy (non-hydrogen) atoms.